The van der Waals surface area contributed by atoms with Crippen molar-refractivity contribution in [1.29, 1.82) is 0 Å². The Kier molecular flexibility index (Phi) is 4.78. The van der Waals surface area contributed by atoms with Gasteiger partial charge in [0, 0.05) is 22.3 Å². The zero-order valence-electron chi connectivity index (χ0n) is 12.2. The smallest absolute Gasteiger partial charge is 0.224 e. The largest absolute Gasteiger partial charge is 0.438 e. The van der Waals surface area contributed by atoms with Crippen molar-refractivity contribution in [3.8, 4) is 11.6 Å². The van der Waals surface area contributed by atoms with Crippen LogP contribution in [-0.2, 0) is 6.54 Å². The minimum absolute atomic E-state index is 0.683. The third-order valence-electron chi connectivity index (χ3n) is 3.13. The van der Waals surface area contributed by atoms with Crippen LogP contribution in [0.1, 0.15) is 22.4 Å². The number of aromatic nitrogens is 1. The summed E-state index contributed by atoms with van der Waals surface area (Å²) in [5.74, 6) is 1.52. The number of hydrogen-bond donors (Lipinski definition) is 1. The zero-order chi connectivity index (χ0) is 14.7. The van der Waals surface area contributed by atoms with Crippen molar-refractivity contribution in [2.24, 2.45) is 0 Å². The lowest BCUT2D eigenvalue weighted by Gasteiger charge is -2.15. The summed E-state index contributed by atoms with van der Waals surface area (Å²) in [7, 11) is 1.92. The predicted molar refractivity (Wildman–Crippen MR) is 85.4 cm³/mol. The Hall–Kier alpha value is -1.39. The summed E-state index contributed by atoms with van der Waals surface area (Å²) in [4.78, 5) is 4.54. The number of rotatable bonds is 4. The number of pyridine rings is 1. The molecule has 0 bridgehead atoms. The fourth-order valence-corrected chi connectivity index (χ4v) is 2.61. The third kappa shape index (κ3) is 3.38. The van der Waals surface area contributed by atoms with Crippen LogP contribution in [0.5, 0.6) is 11.6 Å². The molecule has 0 saturated carbocycles. The lowest BCUT2D eigenvalue weighted by atomic mass is 10.1. The highest BCUT2D eigenvalue weighted by Crippen LogP contribution is 2.30. The van der Waals surface area contributed by atoms with E-state index in [2.05, 4.69) is 39.2 Å². The van der Waals surface area contributed by atoms with Crippen molar-refractivity contribution in [1.82, 2.24) is 10.3 Å². The molecule has 0 unspecified atom stereocenters. The molecule has 4 heteroatoms. The summed E-state index contributed by atoms with van der Waals surface area (Å²) in [5.41, 5.74) is 4.33. The summed E-state index contributed by atoms with van der Waals surface area (Å²) in [6.45, 7) is 6.84. The Bertz CT molecular complexity index is 626. The van der Waals surface area contributed by atoms with E-state index in [9.17, 15) is 0 Å². The second-order valence-corrected chi connectivity index (χ2v) is 5.82. The van der Waals surface area contributed by atoms with Crippen LogP contribution in [-0.4, -0.2) is 12.0 Å². The van der Waals surface area contributed by atoms with E-state index in [1.54, 1.807) is 0 Å². The molecule has 0 amide bonds. The number of aryl methyl sites for hydroxylation is 3. The fourth-order valence-electron chi connectivity index (χ4n) is 2.14. The summed E-state index contributed by atoms with van der Waals surface area (Å²) in [5, 5.41) is 3.17. The van der Waals surface area contributed by atoms with Gasteiger partial charge >= 0.3 is 0 Å². The lowest BCUT2D eigenvalue weighted by molar-refractivity contribution is 0.449. The Balaban J connectivity index is 2.41. The van der Waals surface area contributed by atoms with Gasteiger partial charge in [-0.25, -0.2) is 4.98 Å². The van der Waals surface area contributed by atoms with Crippen molar-refractivity contribution in [2.75, 3.05) is 7.05 Å². The molecule has 0 atom stereocenters. The first kappa shape index (κ1) is 15.0. The van der Waals surface area contributed by atoms with Gasteiger partial charge in [-0.1, -0.05) is 15.9 Å². The van der Waals surface area contributed by atoms with Crippen LogP contribution >= 0.6 is 15.9 Å². The summed E-state index contributed by atoms with van der Waals surface area (Å²) >= 11 is 3.46. The van der Waals surface area contributed by atoms with E-state index in [1.165, 1.54) is 5.56 Å². The SMILES string of the molecule is CNCc1c(C)cc(C)nc1Oc1ccc(Br)cc1C. The van der Waals surface area contributed by atoms with Gasteiger partial charge in [-0.3, -0.25) is 0 Å². The molecule has 3 nitrogen and oxygen atoms in total. The van der Waals surface area contributed by atoms with E-state index in [4.69, 9.17) is 4.74 Å². The number of nitrogens with zero attached hydrogens (tertiary/aromatic N) is 1. The molecule has 1 N–H and O–H groups in total. The molecular formula is C16H19BrN2O. The van der Waals surface area contributed by atoms with Gasteiger partial charge in [0.05, 0.1) is 0 Å². The molecule has 2 aromatic rings. The van der Waals surface area contributed by atoms with Crippen molar-refractivity contribution < 1.29 is 4.74 Å². The molecule has 1 aromatic carbocycles. The van der Waals surface area contributed by atoms with Gasteiger partial charge in [0.2, 0.25) is 5.88 Å². The minimum atomic E-state index is 0.683. The Labute approximate surface area is 128 Å². The normalized spacial score (nSPS) is 10.7. The van der Waals surface area contributed by atoms with Gasteiger partial charge in [-0.05, 0) is 63.2 Å². The molecule has 0 aliphatic rings. The number of ether oxygens (including phenoxy) is 1. The van der Waals surface area contributed by atoms with Crippen LogP contribution in [0, 0.1) is 20.8 Å². The summed E-state index contributed by atoms with van der Waals surface area (Å²) in [6, 6.07) is 8.05. The van der Waals surface area contributed by atoms with Gasteiger partial charge in [-0.2, -0.15) is 0 Å². The molecule has 20 heavy (non-hydrogen) atoms. The molecule has 1 aromatic heterocycles. The first-order valence-corrected chi connectivity index (χ1v) is 7.36. The molecular weight excluding hydrogens is 316 g/mol. The Morgan fingerprint density at radius 3 is 2.55 bits per heavy atom. The lowest BCUT2D eigenvalue weighted by Crippen LogP contribution is -2.10. The zero-order valence-corrected chi connectivity index (χ0v) is 13.8. The van der Waals surface area contributed by atoms with Crippen molar-refractivity contribution in [3.63, 3.8) is 0 Å². The fraction of sp³-hybridized carbons (Fsp3) is 0.312. The van der Waals surface area contributed by atoms with Gasteiger partial charge in [0.25, 0.3) is 0 Å². The van der Waals surface area contributed by atoms with Crippen molar-refractivity contribution in [2.45, 2.75) is 27.3 Å². The van der Waals surface area contributed by atoms with E-state index < -0.39 is 0 Å². The second-order valence-electron chi connectivity index (χ2n) is 4.91. The molecule has 0 saturated heterocycles. The van der Waals surface area contributed by atoms with Crippen LogP contribution in [0.15, 0.2) is 28.7 Å². The maximum absolute atomic E-state index is 6.04. The molecule has 1 heterocycles. The second kappa shape index (κ2) is 6.37. The minimum Gasteiger partial charge on any atom is -0.438 e. The van der Waals surface area contributed by atoms with E-state index >= 15 is 0 Å². The molecule has 2 rings (SSSR count). The number of hydrogen-bond acceptors (Lipinski definition) is 3. The third-order valence-corrected chi connectivity index (χ3v) is 3.63. The number of halogens is 1. The number of benzene rings is 1. The molecule has 0 spiro atoms. The maximum Gasteiger partial charge on any atom is 0.224 e. The quantitative estimate of drug-likeness (QED) is 0.905. The maximum atomic E-state index is 6.04. The molecule has 0 radical (unpaired) electrons. The van der Waals surface area contributed by atoms with E-state index in [0.29, 0.717) is 5.88 Å². The molecule has 0 aliphatic carbocycles. The predicted octanol–water partition coefficient (Wildman–Crippen LogP) is 4.28. The van der Waals surface area contributed by atoms with Crippen LogP contribution in [0.3, 0.4) is 0 Å². The van der Waals surface area contributed by atoms with Gasteiger partial charge < -0.3 is 10.1 Å². The van der Waals surface area contributed by atoms with Gasteiger partial charge in [0.1, 0.15) is 5.75 Å². The van der Waals surface area contributed by atoms with Gasteiger partial charge in [-0.15, -0.1) is 0 Å². The molecule has 0 aliphatic heterocycles. The van der Waals surface area contributed by atoms with Crippen LogP contribution in [0.4, 0.5) is 0 Å². The first-order valence-electron chi connectivity index (χ1n) is 6.57. The molecule has 0 fully saturated rings. The Morgan fingerprint density at radius 2 is 1.90 bits per heavy atom. The monoisotopic (exact) mass is 334 g/mol. The summed E-state index contributed by atoms with van der Waals surface area (Å²) in [6.07, 6.45) is 0. The van der Waals surface area contributed by atoms with Crippen LogP contribution < -0.4 is 10.1 Å². The average molecular weight is 335 g/mol. The van der Waals surface area contributed by atoms with E-state index in [-0.39, 0.29) is 0 Å². The van der Waals surface area contributed by atoms with E-state index in [0.717, 1.165) is 33.6 Å². The number of nitrogens with one attached hydrogen (secondary N) is 1. The van der Waals surface area contributed by atoms with E-state index in [1.807, 2.05) is 39.1 Å². The topological polar surface area (TPSA) is 34.2 Å². The Morgan fingerprint density at radius 1 is 1.15 bits per heavy atom. The van der Waals surface area contributed by atoms with Crippen LogP contribution in [0.25, 0.3) is 0 Å². The van der Waals surface area contributed by atoms with Crippen molar-refractivity contribution in [3.05, 3.63) is 51.1 Å². The highest BCUT2D eigenvalue weighted by molar-refractivity contribution is 9.10. The highest BCUT2D eigenvalue weighted by Gasteiger charge is 2.12. The summed E-state index contributed by atoms with van der Waals surface area (Å²) < 4.78 is 7.08. The van der Waals surface area contributed by atoms with Gasteiger partial charge in [0.15, 0.2) is 0 Å². The van der Waals surface area contributed by atoms with Crippen molar-refractivity contribution >= 4 is 15.9 Å². The van der Waals surface area contributed by atoms with Crippen LogP contribution in [0.2, 0.25) is 0 Å². The molecule has 106 valence electrons. The first-order chi connectivity index (χ1) is 9.51. The highest BCUT2D eigenvalue weighted by atomic mass is 79.9. The standard InChI is InChI=1S/C16H19BrN2O/c1-10-7-12(3)19-16(14(10)9-18-4)20-15-6-5-13(17)8-11(15)2/h5-8,18H,9H2,1-4H3. The average Bonchev–Trinajstić information content (AvgIpc) is 2.37.